The molecule has 8 heteroatoms. The number of carbonyl (C=O) groups is 1. The average Bonchev–Trinajstić information content (AvgIpc) is 3.48. The van der Waals surface area contributed by atoms with Crippen molar-refractivity contribution >= 4 is 49.5 Å². The Labute approximate surface area is 206 Å². The van der Waals surface area contributed by atoms with E-state index in [0.29, 0.717) is 17.5 Å². The third kappa shape index (κ3) is 2.15. The largest absolute Gasteiger partial charge is 0.375 e. The second-order valence-corrected chi connectivity index (χ2v) is 10.3. The minimum atomic E-state index is -1.09. The number of methoxy groups -OCH3 is 1. The molecule has 2 aromatic heterocycles. The topological polar surface area (TPSA) is 89.7 Å². The van der Waals surface area contributed by atoms with E-state index in [1.165, 1.54) is 0 Å². The molecule has 3 N–H and O–H groups in total. The summed E-state index contributed by atoms with van der Waals surface area (Å²) in [5.74, 6) is -0.249. The molecule has 0 unspecified atom stereocenters. The van der Waals surface area contributed by atoms with E-state index in [0.717, 1.165) is 43.6 Å². The van der Waals surface area contributed by atoms with Crippen molar-refractivity contribution in [1.82, 2.24) is 19.8 Å². The monoisotopic (exact) mass is 482 g/mol. The number of hydrogen-bond acceptors (Lipinski definition) is 5. The van der Waals surface area contributed by atoms with Crippen molar-refractivity contribution in [3.05, 3.63) is 59.7 Å². The zero-order valence-electron chi connectivity index (χ0n) is 20.2. The van der Waals surface area contributed by atoms with E-state index in [9.17, 15) is 9.90 Å². The Bertz CT molecular complexity index is 1790. The Morgan fingerprint density at radius 1 is 1.08 bits per heavy atom. The highest BCUT2D eigenvalue weighted by Crippen LogP contribution is 2.54. The number of nitrogens with one attached hydrogen (secondary N) is 2. The summed E-state index contributed by atoms with van der Waals surface area (Å²) < 4.78 is 17.7. The van der Waals surface area contributed by atoms with Gasteiger partial charge in [-0.25, -0.2) is 0 Å². The zero-order chi connectivity index (χ0) is 24.5. The summed E-state index contributed by atoms with van der Waals surface area (Å²) in [6.07, 6.45) is -0.941. The molecule has 0 aliphatic carbocycles. The van der Waals surface area contributed by atoms with Gasteiger partial charge in [0.1, 0.15) is 12.3 Å². The molecule has 3 aliphatic rings. The van der Waals surface area contributed by atoms with Crippen LogP contribution in [0.15, 0.2) is 48.5 Å². The molecule has 1 amide bonds. The number of nitrogens with zero attached hydrogens (tertiary/aromatic N) is 2. The van der Waals surface area contributed by atoms with Gasteiger partial charge in [0.15, 0.2) is 12.0 Å². The second-order valence-electron chi connectivity index (χ2n) is 10.3. The summed E-state index contributed by atoms with van der Waals surface area (Å²) >= 11 is 0. The molecule has 5 heterocycles. The van der Waals surface area contributed by atoms with Gasteiger partial charge >= 0.3 is 0 Å². The first-order valence-electron chi connectivity index (χ1n) is 12.4. The number of amides is 1. The van der Waals surface area contributed by atoms with Crippen molar-refractivity contribution in [3.8, 4) is 0 Å². The zero-order valence-corrected chi connectivity index (χ0v) is 20.2. The van der Waals surface area contributed by atoms with Crippen LogP contribution in [0.5, 0.6) is 0 Å². The Morgan fingerprint density at radius 3 is 2.50 bits per heavy atom. The maximum atomic E-state index is 13.4. The smallest absolute Gasteiger partial charge is 0.254 e. The number of carbonyl (C=O) groups excluding carboxylic acids is 1. The standard InChI is InChI=1S/C28H26N4O4/c1-28-25(35-3)15(29-2)12-18(36-28)31-16-10-6-4-8-13(16)19-21-22(27(34)30-26(21)33)20-14-9-5-7-11-17(14)32(28)24(20)23(19)31/h4-11,15,18,25,27,29,34H,12H2,1-3H3,(H,30,33)/t15-,18-,25+,27+,28+/m0/s1. The van der Waals surface area contributed by atoms with Gasteiger partial charge in [-0.1, -0.05) is 36.4 Å². The highest BCUT2D eigenvalue weighted by Gasteiger charge is 2.53. The summed E-state index contributed by atoms with van der Waals surface area (Å²) in [4.78, 5) is 13.4. The molecule has 1 fully saturated rings. The number of aromatic nitrogens is 2. The van der Waals surface area contributed by atoms with E-state index in [-0.39, 0.29) is 24.3 Å². The van der Waals surface area contributed by atoms with E-state index < -0.39 is 12.0 Å². The summed E-state index contributed by atoms with van der Waals surface area (Å²) in [5, 5.41) is 21.1. The first-order valence-corrected chi connectivity index (χ1v) is 12.4. The minimum Gasteiger partial charge on any atom is -0.375 e. The molecule has 0 spiro atoms. The molecule has 5 atom stereocenters. The third-order valence-electron chi connectivity index (χ3n) is 8.65. The fourth-order valence-corrected chi connectivity index (χ4v) is 7.38. The lowest BCUT2D eigenvalue weighted by molar-refractivity contribution is -0.256. The first-order chi connectivity index (χ1) is 17.5. The highest BCUT2D eigenvalue weighted by molar-refractivity contribution is 6.31. The molecule has 3 aliphatic heterocycles. The molecular weight excluding hydrogens is 456 g/mol. The molecule has 182 valence electrons. The number of likely N-dealkylation sites (N-methyl/N-ethyl adjacent to an activating group) is 1. The molecule has 36 heavy (non-hydrogen) atoms. The predicted molar refractivity (Wildman–Crippen MR) is 137 cm³/mol. The quantitative estimate of drug-likeness (QED) is 0.356. The molecule has 0 radical (unpaired) electrons. The van der Waals surface area contributed by atoms with Crippen LogP contribution in [0.25, 0.3) is 43.6 Å². The van der Waals surface area contributed by atoms with Crippen molar-refractivity contribution in [2.24, 2.45) is 0 Å². The number of aliphatic hydroxyl groups is 1. The van der Waals surface area contributed by atoms with Gasteiger partial charge in [0.2, 0.25) is 0 Å². The summed E-state index contributed by atoms with van der Waals surface area (Å²) in [5.41, 5.74) is 4.25. The summed E-state index contributed by atoms with van der Waals surface area (Å²) in [7, 11) is 3.70. The van der Waals surface area contributed by atoms with Crippen LogP contribution in [-0.2, 0) is 15.2 Å². The van der Waals surface area contributed by atoms with Crippen LogP contribution in [-0.4, -0.2) is 46.5 Å². The van der Waals surface area contributed by atoms with Gasteiger partial charge in [-0.2, -0.15) is 0 Å². The number of hydrogen-bond donors (Lipinski definition) is 3. The molecule has 8 rings (SSSR count). The lowest BCUT2D eigenvalue weighted by Gasteiger charge is -2.48. The lowest BCUT2D eigenvalue weighted by Crippen LogP contribution is -2.59. The van der Waals surface area contributed by atoms with Crippen LogP contribution < -0.4 is 10.6 Å². The van der Waals surface area contributed by atoms with E-state index in [2.05, 4.69) is 51.0 Å². The maximum Gasteiger partial charge on any atom is 0.254 e. The molecule has 5 aromatic rings. The Morgan fingerprint density at radius 2 is 1.78 bits per heavy atom. The minimum absolute atomic E-state index is 0.0289. The average molecular weight is 483 g/mol. The van der Waals surface area contributed by atoms with Gasteiger partial charge in [0.05, 0.1) is 27.6 Å². The van der Waals surface area contributed by atoms with E-state index in [1.54, 1.807) is 7.11 Å². The second kappa shape index (κ2) is 6.66. The van der Waals surface area contributed by atoms with Gasteiger partial charge in [0, 0.05) is 46.7 Å². The van der Waals surface area contributed by atoms with Crippen LogP contribution in [0, 0.1) is 0 Å². The van der Waals surface area contributed by atoms with Gasteiger partial charge in [0.25, 0.3) is 5.91 Å². The first kappa shape index (κ1) is 20.7. The van der Waals surface area contributed by atoms with Crippen molar-refractivity contribution in [3.63, 3.8) is 0 Å². The van der Waals surface area contributed by atoms with Crippen LogP contribution in [0.3, 0.4) is 0 Å². The predicted octanol–water partition coefficient (Wildman–Crippen LogP) is 3.84. The SMILES string of the molecule is CN[C@H]1C[C@@H]2O[C@](C)([C@@H]1OC)n1c3ccccc3c3c4c(c5c6ccccc6n2c5c31)C(=O)N[C@@H]4O. The molecule has 2 bridgehead atoms. The number of aliphatic hydroxyl groups excluding tert-OH is 1. The van der Waals surface area contributed by atoms with Crippen molar-refractivity contribution in [1.29, 1.82) is 0 Å². The van der Waals surface area contributed by atoms with Crippen molar-refractivity contribution in [2.75, 3.05) is 14.2 Å². The van der Waals surface area contributed by atoms with Gasteiger partial charge in [-0.3, -0.25) is 4.79 Å². The van der Waals surface area contributed by atoms with Crippen molar-refractivity contribution in [2.45, 2.75) is 43.7 Å². The molecule has 3 aromatic carbocycles. The van der Waals surface area contributed by atoms with Crippen LogP contribution in [0.2, 0.25) is 0 Å². The van der Waals surface area contributed by atoms with Gasteiger partial charge in [-0.05, 0) is 26.1 Å². The lowest BCUT2D eigenvalue weighted by atomic mass is 9.93. The van der Waals surface area contributed by atoms with E-state index in [4.69, 9.17) is 9.47 Å². The van der Waals surface area contributed by atoms with Crippen LogP contribution in [0.1, 0.15) is 41.7 Å². The van der Waals surface area contributed by atoms with Crippen LogP contribution in [0.4, 0.5) is 0 Å². The molecule has 8 nitrogen and oxygen atoms in total. The third-order valence-corrected chi connectivity index (χ3v) is 8.65. The number of rotatable bonds is 2. The van der Waals surface area contributed by atoms with E-state index in [1.807, 2.05) is 31.3 Å². The Kier molecular flexibility index (Phi) is 3.83. The Balaban J connectivity index is 1.73. The number of para-hydroxylation sites is 2. The normalized spacial score (nSPS) is 28.9. The summed E-state index contributed by atoms with van der Waals surface area (Å²) in [6.45, 7) is 2.09. The van der Waals surface area contributed by atoms with Crippen molar-refractivity contribution < 1.29 is 19.4 Å². The van der Waals surface area contributed by atoms with E-state index >= 15 is 0 Å². The number of benzene rings is 3. The number of fused-ring (bicyclic) bond motifs is 13. The van der Waals surface area contributed by atoms with Gasteiger partial charge < -0.3 is 34.3 Å². The fourth-order valence-electron chi connectivity index (χ4n) is 7.38. The molecule has 1 saturated heterocycles. The Hall–Kier alpha value is -3.43. The highest BCUT2D eigenvalue weighted by atomic mass is 16.6. The summed E-state index contributed by atoms with van der Waals surface area (Å²) in [6, 6.07) is 16.4. The molecule has 0 saturated carbocycles. The van der Waals surface area contributed by atoms with Crippen LogP contribution >= 0.6 is 0 Å². The molecular formula is C28H26N4O4. The van der Waals surface area contributed by atoms with Gasteiger partial charge in [-0.15, -0.1) is 0 Å². The maximum absolute atomic E-state index is 13.4. The number of ether oxygens (including phenoxy) is 2. The fraction of sp³-hybridized carbons (Fsp3) is 0.321.